The predicted molar refractivity (Wildman–Crippen MR) is 90.0 cm³/mol. The highest BCUT2D eigenvalue weighted by Crippen LogP contribution is 2.35. The molecule has 0 saturated carbocycles. The third kappa shape index (κ3) is 1.75. The molecular formula is C19H11N3O. The Morgan fingerprint density at radius 1 is 0.826 bits per heavy atom. The SMILES string of the molecule is c1cnc2c(-c3nncc4c3oc3ccccc34)cccc2c1. The van der Waals surface area contributed by atoms with E-state index < -0.39 is 0 Å². The second-order valence-electron chi connectivity index (χ2n) is 5.41. The summed E-state index contributed by atoms with van der Waals surface area (Å²) in [6, 6.07) is 18.0. The van der Waals surface area contributed by atoms with E-state index in [2.05, 4.69) is 15.2 Å². The van der Waals surface area contributed by atoms with Crippen LogP contribution < -0.4 is 0 Å². The minimum absolute atomic E-state index is 0.725. The standard InChI is InChI=1S/C19H11N3O/c1-2-9-16-13(7-1)15-11-21-22-18(19(15)23-16)14-8-3-5-12-6-4-10-20-17(12)14/h1-11H. The van der Waals surface area contributed by atoms with Crippen LogP contribution in [0.1, 0.15) is 0 Å². The molecule has 0 fully saturated rings. The van der Waals surface area contributed by atoms with Crippen molar-refractivity contribution < 1.29 is 4.42 Å². The number of para-hydroxylation sites is 2. The summed E-state index contributed by atoms with van der Waals surface area (Å²) in [7, 11) is 0. The summed E-state index contributed by atoms with van der Waals surface area (Å²) in [6.07, 6.45) is 3.54. The third-order valence-electron chi connectivity index (χ3n) is 4.08. The van der Waals surface area contributed by atoms with Gasteiger partial charge in [-0.2, -0.15) is 5.10 Å². The summed E-state index contributed by atoms with van der Waals surface area (Å²) < 4.78 is 6.06. The average Bonchev–Trinajstić information content (AvgIpc) is 3.00. The van der Waals surface area contributed by atoms with Gasteiger partial charge in [-0.3, -0.25) is 4.98 Å². The molecule has 3 heterocycles. The number of aromatic nitrogens is 3. The molecule has 0 unspecified atom stereocenters. The van der Waals surface area contributed by atoms with Gasteiger partial charge in [0, 0.05) is 22.5 Å². The maximum absolute atomic E-state index is 6.06. The third-order valence-corrected chi connectivity index (χ3v) is 4.08. The molecule has 0 N–H and O–H groups in total. The van der Waals surface area contributed by atoms with Crippen LogP contribution in [0, 0.1) is 0 Å². The van der Waals surface area contributed by atoms with Crippen molar-refractivity contribution in [1.29, 1.82) is 0 Å². The van der Waals surface area contributed by atoms with Gasteiger partial charge in [0.2, 0.25) is 0 Å². The number of fused-ring (bicyclic) bond motifs is 4. The van der Waals surface area contributed by atoms with Gasteiger partial charge in [-0.1, -0.05) is 42.5 Å². The quantitative estimate of drug-likeness (QED) is 0.454. The molecule has 0 amide bonds. The van der Waals surface area contributed by atoms with Gasteiger partial charge in [-0.05, 0) is 12.1 Å². The minimum atomic E-state index is 0.725. The highest BCUT2D eigenvalue weighted by atomic mass is 16.3. The Morgan fingerprint density at radius 3 is 2.74 bits per heavy atom. The van der Waals surface area contributed by atoms with Crippen molar-refractivity contribution in [1.82, 2.24) is 15.2 Å². The van der Waals surface area contributed by atoms with Gasteiger partial charge in [0.05, 0.1) is 17.1 Å². The second-order valence-corrected chi connectivity index (χ2v) is 5.41. The number of benzene rings is 2. The molecule has 3 aromatic heterocycles. The highest BCUT2D eigenvalue weighted by Gasteiger charge is 2.16. The lowest BCUT2D eigenvalue weighted by atomic mass is 10.1. The van der Waals surface area contributed by atoms with Gasteiger partial charge in [0.1, 0.15) is 11.3 Å². The van der Waals surface area contributed by atoms with E-state index in [4.69, 9.17) is 4.42 Å². The summed E-state index contributed by atoms with van der Waals surface area (Å²) in [5, 5.41) is 11.6. The smallest absolute Gasteiger partial charge is 0.165 e. The summed E-state index contributed by atoms with van der Waals surface area (Å²) >= 11 is 0. The Kier molecular flexibility index (Phi) is 2.46. The molecule has 0 bridgehead atoms. The van der Waals surface area contributed by atoms with E-state index in [1.54, 1.807) is 12.4 Å². The summed E-state index contributed by atoms with van der Waals surface area (Å²) in [5.41, 5.74) is 4.15. The van der Waals surface area contributed by atoms with Crippen LogP contribution in [0.3, 0.4) is 0 Å². The first-order chi connectivity index (χ1) is 11.4. The van der Waals surface area contributed by atoms with E-state index in [1.807, 2.05) is 54.6 Å². The average molecular weight is 297 g/mol. The number of nitrogens with zero attached hydrogens (tertiary/aromatic N) is 3. The van der Waals surface area contributed by atoms with Gasteiger partial charge in [-0.15, -0.1) is 5.10 Å². The Balaban J connectivity index is 1.93. The number of furan rings is 1. The van der Waals surface area contributed by atoms with Crippen LogP contribution >= 0.6 is 0 Å². The zero-order valence-electron chi connectivity index (χ0n) is 12.1. The fourth-order valence-corrected chi connectivity index (χ4v) is 3.03. The lowest BCUT2D eigenvalue weighted by Crippen LogP contribution is -1.90. The molecule has 0 spiro atoms. The molecule has 0 atom stereocenters. The molecule has 4 nitrogen and oxygen atoms in total. The fraction of sp³-hybridized carbons (Fsp3) is 0. The zero-order valence-corrected chi connectivity index (χ0v) is 12.1. The topological polar surface area (TPSA) is 51.8 Å². The maximum Gasteiger partial charge on any atom is 0.165 e. The number of hydrogen-bond acceptors (Lipinski definition) is 4. The van der Waals surface area contributed by atoms with Gasteiger partial charge in [0.25, 0.3) is 0 Å². The van der Waals surface area contributed by atoms with Crippen molar-refractivity contribution in [2.75, 3.05) is 0 Å². The number of pyridine rings is 1. The van der Waals surface area contributed by atoms with E-state index in [1.165, 1.54) is 0 Å². The summed E-state index contributed by atoms with van der Waals surface area (Å²) in [5.74, 6) is 0. The second kappa shape index (κ2) is 4.61. The molecule has 0 aliphatic carbocycles. The van der Waals surface area contributed by atoms with Crippen LogP contribution in [0.5, 0.6) is 0 Å². The summed E-state index contributed by atoms with van der Waals surface area (Å²) in [6.45, 7) is 0. The van der Waals surface area contributed by atoms with E-state index in [-0.39, 0.29) is 0 Å². The normalized spacial score (nSPS) is 11.5. The molecule has 0 aliphatic rings. The lowest BCUT2D eigenvalue weighted by Gasteiger charge is -2.04. The molecule has 5 rings (SSSR count). The van der Waals surface area contributed by atoms with Crippen molar-refractivity contribution in [2.24, 2.45) is 0 Å². The van der Waals surface area contributed by atoms with Gasteiger partial charge in [-0.25, -0.2) is 0 Å². The molecule has 108 valence electrons. The monoisotopic (exact) mass is 297 g/mol. The van der Waals surface area contributed by atoms with Crippen molar-refractivity contribution in [3.05, 3.63) is 67.0 Å². The number of hydrogen-bond donors (Lipinski definition) is 0. The summed E-state index contributed by atoms with van der Waals surface area (Å²) in [4.78, 5) is 4.51. The molecule has 0 saturated heterocycles. The largest absolute Gasteiger partial charge is 0.454 e. The van der Waals surface area contributed by atoms with Crippen LogP contribution in [0.2, 0.25) is 0 Å². The van der Waals surface area contributed by atoms with Crippen molar-refractivity contribution in [3.8, 4) is 11.3 Å². The molecule has 23 heavy (non-hydrogen) atoms. The van der Waals surface area contributed by atoms with E-state index in [0.717, 1.165) is 44.1 Å². The van der Waals surface area contributed by atoms with E-state index >= 15 is 0 Å². The molecule has 2 aromatic carbocycles. The first-order valence-electron chi connectivity index (χ1n) is 7.39. The van der Waals surface area contributed by atoms with Crippen LogP contribution in [0.4, 0.5) is 0 Å². The van der Waals surface area contributed by atoms with Gasteiger partial charge in [0.15, 0.2) is 5.58 Å². The van der Waals surface area contributed by atoms with Gasteiger partial charge >= 0.3 is 0 Å². The number of rotatable bonds is 1. The molecule has 5 aromatic rings. The van der Waals surface area contributed by atoms with Crippen molar-refractivity contribution >= 4 is 32.8 Å². The first-order valence-corrected chi connectivity index (χ1v) is 7.39. The van der Waals surface area contributed by atoms with E-state index in [0.29, 0.717) is 0 Å². The minimum Gasteiger partial charge on any atom is -0.454 e. The Labute approximate surface area is 131 Å². The maximum atomic E-state index is 6.06. The van der Waals surface area contributed by atoms with Crippen LogP contribution in [-0.4, -0.2) is 15.2 Å². The van der Waals surface area contributed by atoms with Crippen molar-refractivity contribution in [3.63, 3.8) is 0 Å². The van der Waals surface area contributed by atoms with Crippen LogP contribution in [0.25, 0.3) is 44.1 Å². The molecule has 0 radical (unpaired) electrons. The van der Waals surface area contributed by atoms with Gasteiger partial charge < -0.3 is 4.42 Å². The Hall–Kier alpha value is -3.27. The van der Waals surface area contributed by atoms with Crippen LogP contribution in [0.15, 0.2) is 71.4 Å². The zero-order chi connectivity index (χ0) is 15.2. The Morgan fingerprint density at radius 2 is 1.74 bits per heavy atom. The predicted octanol–water partition coefficient (Wildman–Crippen LogP) is 4.59. The lowest BCUT2D eigenvalue weighted by molar-refractivity contribution is 0.666. The molecular weight excluding hydrogens is 286 g/mol. The molecule has 4 heteroatoms. The molecule has 0 aliphatic heterocycles. The van der Waals surface area contributed by atoms with Crippen molar-refractivity contribution in [2.45, 2.75) is 0 Å². The fourth-order valence-electron chi connectivity index (χ4n) is 3.03. The van der Waals surface area contributed by atoms with E-state index in [9.17, 15) is 0 Å². The Bertz CT molecular complexity index is 1170. The van der Waals surface area contributed by atoms with Crippen LogP contribution in [-0.2, 0) is 0 Å². The highest BCUT2D eigenvalue weighted by molar-refractivity contribution is 6.10. The first kappa shape index (κ1) is 12.3.